The van der Waals surface area contributed by atoms with Gasteiger partial charge in [0, 0.05) is 6.42 Å². The van der Waals surface area contributed by atoms with Gasteiger partial charge in [-0.2, -0.15) is 0 Å². The first-order valence-electron chi connectivity index (χ1n) is 42.1. The quantitative estimate of drug-likeness (QED) is 0.0243. The lowest BCUT2D eigenvalue weighted by Gasteiger charge is -2.25. The van der Waals surface area contributed by atoms with Gasteiger partial charge in [-0.05, 0) is 19.3 Å². The van der Waals surface area contributed by atoms with Gasteiger partial charge in [0.15, 0.2) is 0 Å². The summed E-state index contributed by atoms with van der Waals surface area (Å²) in [5.41, 5.74) is 0. The van der Waals surface area contributed by atoms with Crippen molar-refractivity contribution in [2.24, 2.45) is 0 Å². The van der Waals surface area contributed by atoms with Crippen molar-refractivity contribution in [3.63, 3.8) is 0 Å². The maximum atomic E-state index is 13.1. The van der Waals surface area contributed by atoms with Crippen LogP contribution < -0.4 is 5.32 Å². The van der Waals surface area contributed by atoms with E-state index in [1.54, 1.807) is 6.08 Å². The molecule has 9 heteroatoms. The highest BCUT2D eigenvalue weighted by Gasteiger charge is 2.28. The topological polar surface area (TPSA) is 105 Å². The Labute approximate surface area is 577 Å². The second kappa shape index (κ2) is 74.5. The number of nitrogens with one attached hydrogen (secondary N) is 1. The predicted molar refractivity (Wildman–Crippen MR) is 406 cm³/mol. The number of likely N-dealkylation sites (N-methyl/N-ethyl adjacent to an activating group) is 1. The number of aliphatic hydroxyl groups is 1. The molecule has 1 amide bonds. The Morgan fingerprint density at radius 1 is 0.359 bits per heavy atom. The van der Waals surface area contributed by atoms with Gasteiger partial charge in [0.2, 0.25) is 5.91 Å². The van der Waals surface area contributed by atoms with Gasteiger partial charge < -0.3 is 19.8 Å². The minimum Gasteiger partial charge on any atom is -0.387 e. The first-order valence-corrected chi connectivity index (χ1v) is 43.6. The van der Waals surface area contributed by atoms with Crippen molar-refractivity contribution in [3.8, 4) is 0 Å². The molecule has 0 aromatic rings. The van der Waals surface area contributed by atoms with Gasteiger partial charge in [-0.3, -0.25) is 13.8 Å². The van der Waals surface area contributed by atoms with Gasteiger partial charge >= 0.3 is 7.82 Å². The molecule has 3 N–H and O–H groups in total. The average molecular weight is 1320 g/mol. The fourth-order valence-electron chi connectivity index (χ4n) is 13.5. The van der Waals surface area contributed by atoms with Gasteiger partial charge in [0.1, 0.15) is 13.2 Å². The van der Waals surface area contributed by atoms with Crippen molar-refractivity contribution in [2.45, 2.75) is 475 Å². The number of phosphoric ester groups is 1. The zero-order chi connectivity index (χ0) is 66.9. The predicted octanol–water partition coefficient (Wildman–Crippen LogP) is 27.6. The molecule has 0 radical (unpaired) electrons. The molecular formula is C83H168N2O6P+. The molecular weight excluding hydrogens is 1150 g/mol. The molecule has 0 aliphatic carbocycles. The second-order valence-corrected chi connectivity index (χ2v) is 32.0. The first kappa shape index (κ1) is 91.2. The Bertz CT molecular complexity index is 1510. The van der Waals surface area contributed by atoms with E-state index < -0.39 is 20.0 Å². The smallest absolute Gasteiger partial charge is 0.387 e. The number of aliphatic hydroxyl groups excluding tert-OH is 1. The fraction of sp³-hybridized carbons (Fsp3) is 0.964. The lowest BCUT2D eigenvalue weighted by molar-refractivity contribution is -0.870. The van der Waals surface area contributed by atoms with Crippen LogP contribution in [-0.4, -0.2) is 73.4 Å². The van der Waals surface area contributed by atoms with Crippen LogP contribution in [0.5, 0.6) is 0 Å². The number of allylic oxidation sites excluding steroid dienone is 1. The van der Waals surface area contributed by atoms with Crippen LogP contribution in [0, 0.1) is 0 Å². The number of nitrogens with zero attached hydrogens (tertiary/aromatic N) is 1. The Morgan fingerprint density at radius 2 is 0.576 bits per heavy atom. The molecule has 3 atom stereocenters. The van der Waals surface area contributed by atoms with Crippen molar-refractivity contribution in [3.05, 3.63) is 12.2 Å². The van der Waals surface area contributed by atoms with Gasteiger partial charge in [0.25, 0.3) is 0 Å². The number of quaternary nitrogens is 1. The van der Waals surface area contributed by atoms with Crippen LogP contribution in [-0.2, 0) is 18.4 Å². The van der Waals surface area contributed by atoms with Crippen LogP contribution in [0.15, 0.2) is 12.2 Å². The summed E-state index contributed by atoms with van der Waals surface area (Å²) in [6.07, 6.45) is 98.6. The van der Waals surface area contributed by atoms with Crippen LogP contribution >= 0.6 is 7.82 Å². The minimum atomic E-state index is -4.36. The van der Waals surface area contributed by atoms with E-state index >= 15 is 0 Å². The second-order valence-electron chi connectivity index (χ2n) is 30.6. The third-order valence-electron chi connectivity index (χ3n) is 20.0. The molecule has 0 aliphatic rings. The molecule has 0 spiro atoms. The molecule has 0 bridgehead atoms. The third kappa shape index (κ3) is 76.6. The van der Waals surface area contributed by atoms with Crippen LogP contribution in [0.3, 0.4) is 0 Å². The van der Waals surface area contributed by atoms with Gasteiger partial charge in [-0.1, -0.05) is 450 Å². The molecule has 0 saturated carbocycles. The molecule has 3 unspecified atom stereocenters. The highest BCUT2D eigenvalue weighted by molar-refractivity contribution is 7.47. The van der Waals surface area contributed by atoms with Crippen molar-refractivity contribution in [2.75, 3.05) is 40.9 Å². The van der Waals surface area contributed by atoms with E-state index in [0.29, 0.717) is 17.4 Å². The number of hydrogen-bond acceptors (Lipinski definition) is 5. The number of carbonyl (C=O) groups is 1. The number of phosphoric acid groups is 1. The highest BCUT2D eigenvalue weighted by Crippen LogP contribution is 2.43. The van der Waals surface area contributed by atoms with Crippen LogP contribution in [0.25, 0.3) is 0 Å². The molecule has 0 aromatic heterocycles. The summed E-state index contributed by atoms with van der Waals surface area (Å²) < 4.78 is 23.9. The lowest BCUT2D eigenvalue weighted by Crippen LogP contribution is -2.45. The van der Waals surface area contributed by atoms with Crippen molar-refractivity contribution >= 4 is 13.7 Å². The van der Waals surface area contributed by atoms with Crippen LogP contribution in [0.2, 0.25) is 0 Å². The summed E-state index contributed by atoms with van der Waals surface area (Å²) in [4.78, 5) is 23.5. The third-order valence-corrected chi connectivity index (χ3v) is 21.0. The van der Waals surface area contributed by atoms with E-state index in [1.165, 1.54) is 411 Å². The maximum Gasteiger partial charge on any atom is 0.472 e. The summed E-state index contributed by atoms with van der Waals surface area (Å²) in [5, 5.41) is 14.1. The lowest BCUT2D eigenvalue weighted by atomic mass is 10.0. The minimum absolute atomic E-state index is 0.0657. The summed E-state index contributed by atoms with van der Waals surface area (Å²) >= 11 is 0. The van der Waals surface area contributed by atoms with Crippen molar-refractivity contribution < 1.29 is 32.9 Å². The van der Waals surface area contributed by atoms with E-state index in [4.69, 9.17) is 9.05 Å². The molecule has 8 nitrogen and oxygen atoms in total. The zero-order valence-corrected chi connectivity index (χ0v) is 64.2. The Morgan fingerprint density at radius 3 is 0.804 bits per heavy atom. The molecule has 0 aromatic carbocycles. The standard InChI is InChI=1S/C83H167N2O6P/c1-6-8-10-12-14-16-18-20-22-24-26-28-30-32-34-36-38-40-41-42-43-44-45-47-49-51-53-55-57-59-61-63-65-67-69-71-73-75-77-83(87)84-81(80-91-92(88,89)90-79-78-85(3,4)5)82(86)76-74-72-70-68-66-64-62-60-58-56-54-52-50-48-46-39-37-35-33-31-29-27-25-23-21-19-17-15-13-11-9-7-2/h74,76,81-82,86H,6-73,75,77-80H2,1-5H3,(H-,84,87,88,89)/p+1/b76-74+. The number of carbonyl (C=O) groups excluding carboxylic acids is 1. The molecule has 0 fully saturated rings. The van der Waals surface area contributed by atoms with Gasteiger partial charge in [-0.25, -0.2) is 4.57 Å². The summed E-state index contributed by atoms with van der Waals surface area (Å²) in [6.45, 7) is 4.90. The zero-order valence-electron chi connectivity index (χ0n) is 63.4. The van der Waals surface area contributed by atoms with E-state index in [1.807, 2.05) is 27.2 Å². The number of hydrogen-bond donors (Lipinski definition) is 3. The first-order chi connectivity index (χ1) is 45.0. The highest BCUT2D eigenvalue weighted by atomic mass is 31.2. The molecule has 0 rings (SSSR count). The number of rotatable bonds is 80. The van der Waals surface area contributed by atoms with Crippen molar-refractivity contribution in [1.29, 1.82) is 0 Å². The molecule has 550 valence electrons. The van der Waals surface area contributed by atoms with Gasteiger partial charge in [-0.15, -0.1) is 0 Å². The van der Waals surface area contributed by atoms with E-state index in [0.717, 1.165) is 32.1 Å². The molecule has 0 heterocycles. The SMILES string of the molecule is CCCCCCCCCCCCCCCCCCCCCCCCCCCCCCCC/C=C/C(O)C(COP(=O)(O)OCC[N+](C)(C)C)NC(=O)CCCCCCCCCCCCCCCCCCCCCCCCCCCCCCCCCCCCCCCC. The van der Waals surface area contributed by atoms with E-state index in [9.17, 15) is 19.4 Å². The Hall–Kier alpha value is -0.760. The Balaban J connectivity index is 3.89. The van der Waals surface area contributed by atoms with E-state index in [-0.39, 0.29) is 19.1 Å². The average Bonchev–Trinajstić information content (AvgIpc) is 2.74. The monoisotopic (exact) mass is 1320 g/mol. The molecule has 0 saturated heterocycles. The van der Waals surface area contributed by atoms with Crippen LogP contribution in [0.4, 0.5) is 0 Å². The van der Waals surface area contributed by atoms with Crippen molar-refractivity contribution in [1.82, 2.24) is 5.32 Å². The normalized spacial score (nSPS) is 13.4. The molecule has 0 aliphatic heterocycles. The van der Waals surface area contributed by atoms with Crippen LogP contribution in [0.1, 0.15) is 463 Å². The van der Waals surface area contributed by atoms with Gasteiger partial charge in [0.05, 0.1) is 39.9 Å². The fourth-order valence-corrected chi connectivity index (χ4v) is 14.3. The summed E-state index contributed by atoms with van der Waals surface area (Å²) in [5.74, 6) is -0.165. The van der Waals surface area contributed by atoms with E-state index in [2.05, 4.69) is 19.2 Å². The summed E-state index contributed by atoms with van der Waals surface area (Å²) in [7, 11) is 1.60. The summed E-state index contributed by atoms with van der Waals surface area (Å²) in [6, 6.07) is -0.845. The maximum absolute atomic E-state index is 13.1. The number of amides is 1. The largest absolute Gasteiger partial charge is 0.472 e. The number of unbranched alkanes of at least 4 members (excludes halogenated alkanes) is 67. The Kier molecular flexibility index (Phi) is 73.8. The molecule has 92 heavy (non-hydrogen) atoms.